The molecular formula is C11H14N4O. The Bertz CT molecular complexity index is 449. The molecule has 0 fully saturated rings. The van der Waals surface area contributed by atoms with Crippen molar-refractivity contribution >= 4 is 0 Å². The maximum absolute atomic E-state index is 9.15. The highest BCUT2D eigenvalue weighted by Gasteiger charge is 2.00. The van der Waals surface area contributed by atoms with Gasteiger partial charge in [0.25, 0.3) is 0 Å². The van der Waals surface area contributed by atoms with E-state index < -0.39 is 0 Å². The van der Waals surface area contributed by atoms with Crippen LogP contribution in [0.15, 0.2) is 30.6 Å². The highest BCUT2D eigenvalue weighted by atomic mass is 16.3. The SMILES string of the molecule is CNCc1ncn(Cc2ccc(O)cc2)n1. The zero-order valence-electron chi connectivity index (χ0n) is 9.09. The quantitative estimate of drug-likeness (QED) is 0.795. The molecule has 0 unspecified atom stereocenters. The van der Waals surface area contributed by atoms with Crippen LogP contribution in [0.4, 0.5) is 0 Å². The normalized spacial score (nSPS) is 10.6. The molecule has 0 bridgehead atoms. The smallest absolute Gasteiger partial charge is 0.164 e. The van der Waals surface area contributed by atoms with Crippen molar-refractivity contribution in [3.05, 3.63) is 42.0 Å². The lowest BCUT2D eigenvalue weighted by molar-refractivity contribution is 0.475. The van der Waals surface area contributed by atoms with Crippen molar-refractivity contribution in [1.29, 1.82) is 0 Å². The molecule has 1 heterocycles. The van der Waals surface area contributed by atoms with Gasteiger partial charge in [0.05, 0.1) is 13.1 Å². The Morgan fingerprint density at radius 1 is 1.31 bits per heavy atom. The van der Waals surface area contributed by atoms with E-state index in [2.05, 4.69) is 15.4 Å². The largest absolute Gasteiger partial charge is 0.508 e. The van der Waals surface area contributed by atoms with Crippen molar-refractivity contribution in [3.63, 3.8) is 0 Å². The zero-order chi connectivity index (χ0) is 11.4. The van der Waals surface area contributed by atoms with Gasteiger partial charge in [-0.2, -0.15) is 5.10 Å². The van der Waals surface area contributed by atoms with Crippen molar-refractivity contribution in [2.45, 2.75) is 13.1 Å². The third kappa shape index (κ3) is 2.58. The first-order valence-electron chi connectivity index (χ1n) is 5.09. The van der Waals surface area contributed by atoms with E-state index in [-0.39, 0.29) is 5.75 Å². The van der Waals surface area contributed by atoms with Gasteiger partial charge in [-0.1, -0.05) is 12.1 Å². The molecule has 0 aliphatic heterocycles. The maximum Gasteiger partial charge on any atom is 0.164 e. The number of nitrogens with zero attached hydrogens (tertiary/aromatic N) is 3. The van der Waals surface area contributed by atoms with Gasteiger partial charge in [0.2, 0.25) is 0 Å². The van der Waals surface area contributed by atoms with Crippen LogP contribution in [0.2, 0.25) is 0 Å². The highest BCUT2D eigenvalue weighted by molar-refractivity contribution is 5.25. The van der Waals surface area contributed by atoms with Crippen LogP contribution in [-0.4, -0.2) is 26.9 Å². The molecule has 0 aliphatic rings. The van der Waals surface area contributed by atoms with Gasteiger partial charge in [0, 0.05) is 0 Å². The summed E-state index contributed by atoms with van der Waals surface area (Å²) in [4.78, 5) is 4.16. The molecule has 2 N–H and O–H groups in total. The molecule has 1 aromatic carbocycles. The van der Waals surface area contributed by atoms with Crippen LogP contribution in [0.5, 0.6) is 5.75 Å². The maximum atomic E-state index is 9.15. The van der Waals surface area contributed by atoms with Gasteiger partial charge >= 0.3 is 0 Å². The summed E-state index contributed by atoms with van der Waals surface area (Å²) in [5.41, 5.74) is 1.08. The Kier molecular flexibility index (Phi) is 3.16. The Hall–Kier alpha value is -1.88. The number of hydrogen-bond acceptors (Lipinski definition) is 4. The predicted molar refractivity (Wildman–Crippen MR) is 60.0 cm³/mol. The van der Waals surface area contributed by atoms with Crippen LogP contribution in [-0.2, 0) is 13.1 Å². The number of phenolic OH excluding ortho intramolecular Hbond substituents is 1. The number of phenols is 1. The molecule has 0 saturated heterocycles. The van der Waals surface area contributed by atoms with Crippen molar-refractivity contribution in [3.8, 4) is 5.75 Å². The minimum Gasteiger partial charge on any atom is -0.508 e. The minimum atomic E-state index is 0.276. The van der Waals surface area contributed by atoms with E-state index in [1.54, 1.807) is 23.1 Å². The molecule has 0 saturated carbocycles. The van der Waals surface area contributed by atoms with E-state index in [1.807, 2.05) is 19.2 Å². The number of rotatable bonds is 4. The summed E-state index contributed by atoms with van der Waals surface area (Å²) in [5, 5.41) is 16.4. The number of nitrogens with one attached hydrogen (secondary N) is 1. The minimum absolute atomic E-state index is 0.276. The summed E-state index contributed by atoms with van der Waals surface area (Å²) < 4.78 is 1.78. The summed E-state index contributed by atoms with van der Waals surface area (Å²) in [6.07, 6.45) is 1.71. The summed E-state index contributed by atoms with van der Waals surface area (Å²) in [6.45, 7) is 1.33. The van der Waals surface area contributed by atoms with E-state index in [0.29, 0.717) is 13.1 Å². The second kappa shape index (κ2) is 4.76. The summed E-state index contributed by atoms with van der Waals surface area (Å²) in [6, 6.07) is 7.07. The molecule has 16 heavy (non-hydrogen) atoms. The second-order valence-corrected chi connectivity index (χ2v) is 3.56. The average molecular weight is 218 g/mol. The molecule has 0 amide bonds. The third-order valence-electron chi connectivity index (χ3n) is 2.20. The molecule has 0 radical (unpaired) electrons. The molecule has 84 valence electrons. The lowest BCUT2D eigenvalue weighted by Gasteiger charge is -2.00. The Labute approximate surface area is 93.8 Å². The van der Waals surface area contributed by atoms with Crippen molar-refractivity contribution in [2.24, 2.45) is 0 Å². The Balaban J connectivity index is 2.05. The summed E-state index contributed by atoms with van der Waals surface area (Å²) in [7, 11) is 1.86. The van der Waals surface area contributed by atoms with Gasteiger partial charge in [-0.3, -0.25) is 0 Å². The third-order valence-corrected chi connectivity index (χ3v) is 2.20. The number of hydrogen-bond donors (Lipinski definition) is 2. The summed E-state index contributed by atoms with van der Waals surface area (Å²) in [5.74, 6) is 1.06. The Morgan fingerprint density at radius 3 is 2.75 bits per heavy atom. The van der Waals surface area contributed by atoms with E-state index >= 15 is 0 Å². The molecule has 0 atom stereocenters. The average Bonchev–Trinajstić information content (AvgIpc) is 2.70. The van der Waals surface area contributed by atoms with Crippen molar-refractivity contribution in [2.75, 3.05) is 7.05 Å². The first-order chi connectivity index (χ1) is 7.78. The lowest BCUT2D eigenvalue weighted by Crippen LogP contribution is -2.08. The van der Waals surface area contributed by atoms with Gasteiger partial charge in [0.1, 0.15) is 12.1 Å². The molecular weight excluding hydrogens is 204 g/mol. The predicted octanol–water partition coefficient (Wildman–Crippen LogP) is 0.751. The van der Waals surface area contributed by atoms with Gasteiger partial charge in [-0.25, -0.2) is 9.67 Å². The standard InChI is InChI=1S/C11H14N4O/c1-12-6-11-13-8-15(14-11)7-9-2-4-10(16)5-3-9/h2-5,8,12,16H,6-7H2,1H3. The fourth-order valence-corrected chi connectivity index (χ4v) is 1.44. The van der Waals surface area contributed by atoms with Crippen molar-refractivity contribution in [1.82, 2.24) is 20.1 Å². The number of aromatic hydroxyl groups is 1. The highest BCUT2D eigenvalue weighted by Crippen LogP contribution is 2.10. The van der Waals surface area contributed by atoms with Crippen LogP contribution < -0.4 is 5.32 Å². The van der Waals surface area contributed by atoms with Gasteiger partial charge < -0.3 is 10.4 Å². The van der Waals surface area contributed by atoms with E-state index in [1.165, 1.54) is 0 Å². The monoisotopic (exact) mass is 218 g/mol. The van der Waals surface area contributed by atoms with E-state index in [4.69, 9.17) is 5.11 Å². The van der Waals surface area contributed by atoms with E-state index in [0.717, 1.165) is 11.4 Å². The van der Waals surface area contributed by atoms with Crippen molar-refractivity contribution < 1.29 is 5.11 Å². The molecule has 2 aromatic rings. The Morgan fingerprint density at radius 2 is 2.06 bits per heavy atom. The van der Waals surface area contributed by atoms with Crippen LogP contribution >= 0.6 is 0 Å². The molecule has 1 aromatic heterocycles. The van der Waals surface area contributed by atoms with Crippen LogP contribution in [0, 0.1) is 0 Å². The first-order valence-corrected chi connectivity index (χ1v) is 5.09. The topological polar surface area (TPSA) is 63.0 Å². The van der Waals surface area contributed by atoms with Gasteiger partial charge in [-0.15, -0.1) is 0 Å². The molecule has 0 aliphatic carbocycles. The zero-order valence-corrected chi connectivity index (χ0v) is 9.09. The van der Waals surface area contributed by atoms with Crippen LogP contribution in [0.3, 0.4) is 0 Å². The van der Waals surface area contributed by atoms with Crippen LogP contribution in [0.1, 0.15) is 11.4 Å². The fourth-order valence-electron chi connectivity index (χ4n) is 1.44. The molecule has 5 nitrogen and oxygen atoms in total. The number of benzene rings is 1. The molecule has 2 rings (SSSR count). The number of aromatic nitrogens is 3. The lowest BCUT2D eigenvalue weighted by atomic mass is 10.2. The summed E-state index contributed by atoms with van der Waals surface area (Å²) >= 11 is 0. The molecule has 5 heteroatoms. The van der Waals surface area contributed by atoms with E-state index in [9.17, 15) is 0 Å². The van der Waals surface area contributed by atoms with Crippen LogP contribution in [0.25, 0.3) is 0 Å². The van der Waals surface area contributed by atoms with Gasteiger partial charge in [-0.05, 0) is 24.7 Å². The first kappa shape index (κ1) is 10.6. The molecule has 0 spiro atoms. The second-order valence-electron chi connectivity index (χ2n) is 3.56. The van der Waals surface area contributed by atoms with Gasteiger partial charge in [0.15, 0.2) is 5.82 Å². The fraction of sp³-hybridized carbons (Fsp3) is 0.273.